The van der Waals surface area contributed by atoms with Gasteiger partial charge in [0.05, 0.1) is 18.9 Å². The number of allylic oxidation sites excluding steroid dienone is 1. The van der Waals surface area contributed by atoms with Crippen LogP contribution in [0.5, 0.6) is 5.75 Å². The van der Waals surface area contributed by atoms with Crippen molar-refractivity contribution in [1.82, 2.24) is 9.99 Å². The van der Waals surface area contributed by atoms with Gasteiger partial charge in [-0.05, 0) is 68.8 Å². The second kappa shape index (κ2) is 8.38. The Labute approximate surface area is 188 Å². The summed E-state index contributed by atoms with van der Waals surface area (Å²) in [5.41, 5.74) is 8.30. The number of fused-ring (bicyclic) bond motifs is 1. The predicted octanol–water partition coefficient (Wildman–Crippen LogP) is 4.88. The number of methoxy groups -OCH3 is 1. The molecule has 2 aromatic carbocycles. The van der Waals surface area contributed by atoms with E-state index in [1.54, 1.807) is 25.5 Å². The van der Waals surface area contributed by atoms with Crippen molar-refractivity contribution < 1.29 is 9.53 Å². The Morgan fingerprint density at radius 3 is 2.47 bits per heavy atom. The molecule has 0 aliphatic carbocycles. The van der Waals surface area contributed by atoms with Gasteiger partial charge in [-0.1, -0.05) is 6.08 Å². The van der Waals surface area contributed by atoms with E-state index in [1.807, 2.05) is 53.4 Å². The van der Waals surface area contributed by atoms with E-state index >= 15 is 0 Å². The van der Waals surface area contributed by atoms with Gasteiger partial charge in [0.15, 0.2) is 0 Å². The summed E-state index contributed by atoms with van der Waals surface area (Å²) < 4.78 is 7.58. The van der Waals surface area contributed by atoms with Gasteiger partial charge in [0.1, 0.15) is 5.75 Å². The van der Waals surface area contributed by atoms with Crippen LogP contribution in [0.25, 0.3) is 11.3 Å². The number of anilines is 1. The lowest BCUT2D eigenvalue weighted by Gasteiger charge is -2.40. The highest BCUT2D eigenvalue weighted by atomic mass is 16.5. The van der Waals surface area contributed by atoms with Crippen LogP contribution in [0.1, 0.15) is 42.3 Å². The molecule has 1 N–H and O–H groups in total. The van der Waals surface area contributed by atoms with E-state index in [0.29, 0.717) is 11.3 Å². The number of hydrogen-bond acceptors (Lipinski definition) is 4. The molecule has 32 heavy (non-hydrogen) atoms. The minimum absolute atomic E-state index is 0.0808. The summed E-state index contributed by atoms with van der Waals surface area (Å²) in [5, 5.41) is 4.18. The Hall–Kier alpha value is -3.80. The van der Waals surface area contributed by atoms with E-state index in [4.69, 9.17) is 4.74 Å². The number of rotatable bonds is 5. The van der Waals surface area contributed by atoms with E-state index in [9.17, 15) is 4.79 Å². The second-order valence-electron chi connectivity index (χ2n) is 8.49. The monoisotopic (exact) mass is 428 g/mol. The standard InChI is InChI=1S/C26H28N4O2/c1-18-16-26(2,3)29(4)23-15-24(32-5)20(14-22(18)23)17-27-28-25(31)19-8-10-21(11-9-19)30-12-6-7-13-30/h6-17H,1-5H3,(H,28,31)/b27-17+. The third kappa shape index (κ3) is 4.04. The van der Waals surface area contributed by atoms with Gasteiger partial charge in [-0.15, -0.1) is 0 Å². The molecule has 0 radical (unpaired) electrons. The van der Waals surface area contributed by atoms with E-state index in [-0.39, 0.29) is 11.4 Å². The first-order chi connectivity index (χ1) is 15.3. The summed E-state index contributed by atoms with van der Waals surface area (Å²) in [5.74, 6) is 0.435. The zero-order chi connectivity index (χ0) is 22.9. The number of benzene rings is 2. The number of hydrazone groups is 1. The smallest absolute Gasteiger partial charge is 0.271 e. The normalized spacial score (nSPS) is 14.8. The lowest BCUT2D eigenvalue weighted by Crippen LogP contribution is -2.42. The Kier molecular flexibility index (Phi) is 5.61. The number of amides is 1. The summed E-state index contributed by atoms with van der Waals surface area (Å²) in [7, 11) is 3.72. The Bertz CT molecular complexity index is 1190. The number of aromatic nitrogens is 1. The van der Waals surface area contributed by atoms with Gasteiger partial charge in [0.2, 0.25) is 0 Å². The average Bonchev–Trinajstić information content (AvgIpc) is 3.32. The third-order valence-corrected chi connectivity index (χ3v) is 5.97. The molecule has 0 atom stereocenters. The molecule has 164 valence electrons. The Balaban J connectivity index is 1.52. The third-order valence-electron chi connectivity index (χ3n) is 5.97. The molecule has 1 aromatic heterocycles. The molecular weight excluding hydrogens is 400 g/mol. The van der Waals surface area contributed by atoms with Gasteiger partial charge in [0.25, 0.3) is 5.91 Å². The Morgan fingerprint density at radius 1 is 1.12 bits per heavy atom. The molecule has 6 heteroatoms. The summed E-state index contributed by atoms with van der Waals surface area (Å²) in [6, 6.07) is 15.4. The van der Waals surface area contributed by atoms with Crippen molar-refractivity contribution in [3.05, 3.63) is 83.7 Å². The van der Waals surface area contributed by atoms with Crippen LogP contribution in [0.2, 0.25) is 0 Å². The quantitative estimate of drug-likeness (QED) is 0.465. The fourth-order valence-electron chi connectivity index (χ4n) is 3.99. The van der Waals surface area contributed by atoms with Crippen molar-refractivity contribution in [2.75, 3.05) is 19.1 Å². The maximum atomic E-state index is 12.5. The molecule has 6 nitrogen and oxygen atoms in total. The maximum absolute atomic E-state index is 12.5. The molecule has 0 bridgehead atoms. The number of nitrogens with one attached hydrogen (secondary N) is 1. The van der Waals surface area contributed by atoms with E-state index in [0.717, 1.165) is 22.5 Å². The zero-order valence-corrected chi connectivity index (χ0v) is 19.1. The van der Waals surface area contributed by atoms with E-state index < -0.39 is 0 Å². The number of ether oxygens (including phenoxy) is 1. The molecule has 1 aliphatic rings. The molecule has 3 aromatic rings. The average molecular weight is 429 g/mol. The van der Waals surface area contributed by atoms with Crippen LogP contribution in [0.15, 0.2) is 72.1 Å². The van der Waals surface area contributed by atoms with E-state index in [1.165, 1.54) is 5.57 Å². The molecule has 0 spiro atoms. The molecule has 0 saturated heterocycles. The first-order valence-corrected chi connectivity index (χ1v) is 10.5. The maximum Gasteiger partial charge on any atom is 0.271 e. The first kappa shape index (κ1) is 21.4. The number of nitrogens with zero attached hydrogens (tertiary/aromatic N) is 3. The topological polar surface area (TPSA) is 58.9 Å². The fourth-order valence-corrected chi connectivity index (χ4v) is 3.99. The van der Waals surface area contributed by atoms with E-state index in [2.05, 4.69) is 49.3 Å². The number of hydrogen-bond donors (Lipinski definition) is 1. The highest BCUT2D eigenvalue weighted by Gasteiger charge is 2.29. The molecule has 0 saturated carbocycles. The fraction of sp³-hybridized carbons (Fsp3) is 0.231. The van der Waals surface area contributed by atoms with Gasteiger partial charge < -0.3 is 14.2 Å². The van der Waals surface area contributed by atoms with Gasteiger partial charge in [-0.2, -0.15) is 5.10 Å². The molecule has 0 fully saturated rings. The van der Waals surface area contributed by atoms with Crippen LogP contribution in [0.3, 0.4) is 0 Å². The largest absolute Gasteiger partial charge is 0.496 e. The first-order valence-electron chi connectivity index (χ1n) is 10.5. The number of likely N-dealkylation sites (N-methyl/N-ethyl adjacent to an activating group) is 1. The van der Waals surface area contributed by atoms with Crippen molar-refractivity contribution in [3.8, 4) is 11.4 Å². The van der Waals surface area contributed by atoms with Crippen LogP contribution < -0.4 is 15.1 Å². The van der Waals surface area contributed by atoms with Crippen LogP contribution in [-0.4, -0.2) is 36.4 Å². The summed E-state index contributed by atoms with van der Waals surface area (Å²) in [6.07, 6.45) is 7.79. The molecule has 0 unspecified atom stereocenters. The molecule has 4 rings (SSSR count). The lowest BCUT2D eigenvalue weighted by molar-refractivity contribution is 0.0955. The minimum atomic E-state index is -0.269. The van der Waals surface area contributed by atoms with Crippen molar-refractivity contribution in [2.24, 2.45) is 5.10 Å². The molecule has 1 aliphatic heterocycles. The SMILES string of the molecule is COc1cc2c(cc1/C=N/NC(=O)c1ccc(-n3cccc3)cc1)C(C)=CC(C)(C)N2C. The van der Waals surface area contributed by atoms with Crippen molar-refractivity contribution in [1.29, 1.82) is 0 Å². The lowest BCUT2D eigenvalue weighted by atomic mass is 9.88. The summed E-state index contributed by atoms with van der Waals surface area (Å²) in [4.78, 5) is 14.7. The summed E-state index contributed by atoms with van der Waals surface area (Å²) in [6.45, 7) is 6.48. The number of carbonyl (C=O) groups excluding carboxylic acids is 1. The van der Waals surface area contributed by atoms with Crippen molar-refractivity contribution >= 4 is 23.4 Å². The van der Waals surface area contributed by atoms with Crippen LogP contribution in [0, 0.1) is 0 Å². The Morgan fingerprint density at radius 2 is 1.81 bits per heavy atom. The van der Waals surface area contributed by atoms with Crippen LogP contribution in [0.4, 0.5) is 5.69 Å². The summed E-state index contributed by atoms with van der Waals surface area (Å²) >= 11 is 0. The number of carbonyl (C=O) groups is 1. The minimum Gasteiger partial charge on any atom is -0.496 e. The highest BCUT2D eigenvalue weighted by Crippen LogP contribution is 2.40. The van der Waals surface area contributed by atoms with Gasteiger partial charge in [-0.25, -0.2) is 5.43 Å². The van der Waals surface area contributed by atoms with Gasteiger partial charge >= 0.3 is 0 Å². The van der Waals surface area contributed by atoms with Gasteiger partial charge in [-0.3, -0.25) is 4.79 Å². The van der Waals surface area contributed by atoms with Crippen molar-refractivity contribution in [2.45, 2.75) is 26.3 Å². The predicted molar refractivity (Wildman–Crippen MR) is 130 cm³/mol. The second-order valence-corrected chi connectivity index (χ2v) is 8.49. The zero-order valence-electron chi connectivity index (χ0n) is 19.1. The van der Waals surface area contributed by atoms with Gasteiger partial charge in [0, 0.05) is 53.6 Å². The van der Waals surface area contributed by atoms with Crippen molar-refractivity contribution in [3.63, 3.8) is 0 Å². The highest BCUT2D eigenvalue weighted by molar-refractivity contribution is 5.96. The van der Waals surface area contributed by atoms with Crippen LogP contribution in [-0.2, 0) is 0 Å². The molecule has 2 heterocycles. The molecule has 1 amide bonds. The molecular formula is C26H28N4O2. The van der Waals surface area contributed by atoms with Crippen LogP contribution >= 0.6 is 0 Å².